The summed E-state index contributed by atoms with van der Waals surface area (Å²) >= 11 is 0. The molecule has 1 aliphatic heterocycles. The van der Waals surface area contributed by atoms with Crippen molar-refractivity contribution in [1.29, 1.82) is 0 Å². The molecule has 1 heterocycles. The topological polar surface area (TPSA) is 179 Å². The normalized spacial score (nSPS) is 14.9. The van der Waals surface area contributed by atoms with Gasteiger partial charge in [0.2, 0.25) is 17.7 Å². The smallest absolute Gasteiger partial charge is 0.408 e. The molecule has 4 aromatic carbocycles. The average molecular weight is 889 g/mol. The van der Waals surface area contributed by atoms with Crippen molar-refractivity contribution in [2.45, 2.75) is 115 Å². The Morgan fingerprint density at radius 1 is 0.723 bits per heavy atom. The Morgan fingerprint density at radius 3 is 2.06 bits per heavy atom. The molecule has 14 heteroatoms. The second kappa shape index (κ2) is 24.8. The van der Waals surface area contributed by atoms with Gasteiger partial charge < -0.3 is 39.8 Å². The molecule has 1 saturated heterocycles. The third kappa shape index (κ3) is 16.3. The lowest BCUT2D eigenvalue weighted by atomic mass is 9.98. The molecule has 0 spiro atoms. The van der Waals surface area contributed by atoms with Crippen molar-refractivity contribution in [3.63, 3.8) is 0 Å². The Kier molecular flexibility index (Phi) is 18.8. The zero-order chi connectivity index (χ0) is 46.6. The molecule has 0 radical (unpaired) electrons. The highest BCUT2D eigenvalue weighted by atomic mass is 16.6. The predicted octanol–water partition coefficient (Wildman–Crippen LogP) is 6.49. The van der Waals surface area contributed by atoms with Crippen molar-refractivity contribution >= 4 is 35.8 Å². The van der Waals surface area contributed by atoms with Crippen LogP contribution in [-0.4, -0.2) is 90.2 Å². The number of carbonyl (C=O) groups excluding carboxylic acids is 6. The van der Waals surface area contributed by atoms with Crippen LogP contribution in [0.5, 0.6) is 5.75 Å². The summed E-state index contributed by atoms with van der Waals surface area (Å²) in [4.78, 5) is 84.2. The summed E-state index contributed by atoms with van der Waals surface area (Å²) in [5.74, 6) is -2.18. The fourth-order valence-electron chi connectivity index (χ4n) is 7.28. The van der Waals surface area contributed by atoms with Gasteiger partial charge in [-0.25, -0.2) is 14.4 Å². The zero-order valence-electron chi connectivity index (χ0n) is 37.6. The molecule has 0 saturated carbocycles. The van der Waals surface area contributed by atoms with Gasteiger partial charge in [-0.15, -0.1) is 0 Å². The number of carbonyl (C=O) groups is 6. The lowest BCUT2D eigenvalue weighted by Crippen LogP contribution is -2.60. The van der Waals surface area contributed by atoms with Crippen LogP contribution in [0, 0.1) is 12.1 Å². The van der Waals surface area contributed by atoms with Crippen LogP contribution in [-0.2, 0) is 52.8 Å². The lowest BCUT2D eigenvalue weighted by Gasteiger charge is -2.37. The molecule has 1 fully saturated rings. The van der Waals surface area contributed by atoms with Gasteiger partial charge in [0.05, 0.1) is 18.8 Å². The molecule has 344 valence electrons. The first-order chi connectivity index (χ1) is 31.3. The summed E-state index contributed by atoms with van der Waals surface area (Å²) in [6.45, 7) is 7.79. The summed E-state index contributed by atoms with van der Waals surface area (Å²) in [6.07, 6.45) is 1.90. The molecule has 0 aliphatic carbocycles. The highest BCUT2D eigenvalue weighted by Crippen LogP contribution is 2.22. The Balaban J connectivity index is 1.37. The van der Waals surface area contributed by atoms with Crippen molar-refractivity contribution in [1.82, 2.24) is 20.9 Å². The number of piperidine rings is 1. The minimum absolute atomic E-state index is 0.00510. The minimum atomic E-state index is -1.23. The standard InChI is InChI=1S/C51H60N4O10/c1-5-62-40-29-27-37(28-30-40)33-42(52-45(56)41(54-50(61)65-51(2,3)4)25-16-18-32-63-48(59)39-23-13-8-14-24-39)46(57)53-43(34-36-19-9-6-10-20-36)47(58)55-31-17-15-26-44(55)49(60)64-35-38-21-11-7-12-22-38/h6,8-11,13-14,19-24,27-30,41-44H,5,15-18,25-26,31-35H2,1-4H3,(H,52,56)(H,53,57)(H,54,61)/t41-,42-,43-,44+/m0/s1. The van der Waals surface area contributed by atoms with E-state index in [1.54, 1.807) is 93.6 Å². The van der Waals surface area contributed by atoms with E-state index in [-0.39, 0.29) is 39.0 Å². The molecule has 1 aliphatic rings. The van der Waals surface area contributed by atoms with Crippen molar-refractivity contribution < 1.29 is 47.7 Å². The number of esters is 2. The Hall–Kier alpha value is -6.88. The predicted molar refractivity (Wildman–Crippen MR) is 242 cm³/mol. The van der Waals surface area contributed by atoms with Gasteiger partial charge in [-0.3, -0.25) is 14.4 Å². The first kappa shape index (κ1) is 49.1. The number of unbranched alkanes of at least 4 members (excludes halogenated alkanes) is 1. The maximum Gasteiger partial charge on any atom is 0.408 e. The van der Waals surface area contributed by atoms with E-state index in [9.17, 15) is 28.8 Å². The van der Waals surface area contributed by atoms with Crippen LogP contribution >= 0.6 is 0 Å². The minimum Gasteiger partial charge on any atom is -0.494 e. The SMILES string of the molecule is CCOc1ccc(C[C@H](NC(=O)[C@H](CCCCOC(=O)c2ccccc2)NC(=O)OC(C)(C)C)C(=O)N[C@@H](Cc2ccccc2)C(=O)N2CCCC[C@@H]2C(=O)OCc2cc#ccc2)cc1. The molecule has 0 bridgehead atoms. The number of hydrogen-bond acceptors (Lipinski definition) is 10. The third-order valence-electron chi connectivity index (χ3n) is 10.5. The molecule has 0 unspecified atom stereocenters. The van der Waals surface area contributed by atoms with Crippen molar-refractivity contribution in [2.75, 3.05) is 19.8 Å². The molecular weight excluding hydrogens is 829 g/mol. The number of ether oxygens (including phenoxy) is 4. The van der Waals surface area contributed by atoms with E-state index in [0.717, 1.165) is 11.1 Å². The van der Waals surface area contributed by atoms with E-state index in [4.69, 9.17) is 18.9 Å². The van der Waals surface area contributed by atoms with Gasteiger partial charge in [-0.2, -0.15) is 0 Å². The van der Waals surface area contributed by atoms with E-state index < -0.39 is 65.5 Å². The molecule has 14 nitrogen and oxygen atoms in total. The average Bonchev–Trinajstić information content (AvgIpc) is 3.30. The van der Waals surface area contributed by atoms with Gasteiger partial charge in [0.1, 0.15) is 42.1 Å². The summed E-state index contributed by atoms with van der Waals surface area (Å²) in [5, 5.41) is 8.46. The van der Waals surface area contributed by atoms with Gasteiger partial charge >= 0.3 is 18.0 Å². The van der Waals surface area contributed by atoms with E-state index >= 15 is 0 Å². The number of alkyl carbamates (subject to hydrolysis) is 1. The second-order valence-electron chi connectivity index (χ2n) is 16.8. The van der Waals surface area contributed by atoms with Crippen LogP contribution < -0.4 is 20.7 Å². The zero-order valence-corrected chi connectivity index (χ0v) is 37.6. The van der Waals surface area contributed by atoms with E-state index in [1.165, 1.54) is 4.90 Å². The lowest BCUT2D eigenvalue weighted by molar-refractivity contribution is -0.159. The number of benzene rings is 3. The first-order valence-electron chi connectivity index (χ1n) is 22.2. The maximum absolute atomic E-state index is 14.7. The van der Waals surface area contributed by atoms with Gasteiger partial charge in [-0.05, 0) is 125 Å². The van der Waals surface area contributed by atoms with E-state index in [2.05, 4.69) is 28.1 Å². The first-order valence-corrected chi connectivity index (χ1v) is 22.2. The largest absolute Gasteiger partial charge is 0.494 e. The summed E-state index contributed by atoms with van der Waals surface area (Å²) < 4.78 is 22.2. The summed E-state index contributed by atoms with van der Waals surface area (Å²) in [6, 6.07) is 31.3. The van der Waals surface area contributed by atoms with Crippen LogP contribution in [0.4, 0.5) is 4.79 Å². The molecule has 4 aromatic rings. The molecule has 65 heavy (non-hydrogen) atoms. The van der Waals surface area contributed by atoms with Crippen molar-refractivity contribution in [2.24, 2.45) is 0 Å². The number of amides is 4. The number of nitrogens with zero attached hydrogens (tertiary/aromatic N) is 1. The van der Waals surface area contributed by atoms with E-state index in [0.29, 0.717) is 55.6 Å². The molecule has 0 aromatic heterocycles. The van der Waals surface area contributed by atoms with Gasteiger partial charge in [0.15, 0.2) is 0 Å². The molecule has 3 N–H and O–H groups in total. The Morgan fingerprint density at radius 2 is 1.38 bits per heavy atom. The second-order valence-corrected chi connectivity index (χ2v) is 16.8. The van der Waals surface area contributed by atoms with Gasteiger partial charge in [0, 0.05) is 19.4 Å². The van der Waals surface area contributed by atoms with E-state index in [1.807, 2.05) is 37.3 Å². The number of likely N-dealkylation sites (tertiary alicyclic amines) is 1. The fraction of sp³-hybridized carbons (Fsp3) is 0.412. The van der Waals surface area contributed by atoms with Gasteiger partial charge in [-0.1, -0.05) is 72.8 Å². The highest BCUT2D eigenvalue weighted by molar-refractivity contribution is 5.95. The van der Waals surface area contributed by atoms with Crippen LogP contribution in [0.3, 0.4) is 0 Å². The third-order valence-corrected chi connectivity index (χ3v) is 10.5. The van der Waals surface area contributed by atoms with Gasteiger partial charge in [0.25, 0.3) is 0 Å². The molecule has 5 rings (SSSR count). The Labute approximate surface area is 381 Å². The van der Waals surface area contributed by atoms with Crippen LogP contribution in [0.2, 0.25) is 0 Å². The molecular formula is C51H60N4O10. The summed E-state index contributed by atoms with van der Waals surface area (Å²) in [7, 11) is 0. The quantitative estimate of drug-likeness (QED) is 0.0476. The number of hydrogen-bond donors (Lipinski definition) is 3. The summed E-state index contributed by atoms with van der Waals surface area (Å²) in [5.41, 5.74) is 1.73. The monoisotopic (exact) mass is 888 g/mol. The van der Waals surface area contributed by atoms with Crippen molar-refractivity contribution in [3.8, 4) is 5.75 Å². The molecule has 4 atom stereocenters. The Bertz CT molecular complexity index is 2150. The highest BCUT2D eigenvalue weighted by Gasteiger charge is 2.38. The maximum atomic E-state index is 14.7. The number of rotatable bonds is 21. The fourth-order valence-corrected chi connectivity index (χ4v) is 7.28. The van der Waals surface area contributed by atoms with Crippen LogP contribution in [0.25, 0.3) is 0 Å². The van der Waals surface area contributed by atoms with Crippen molar-refractivity contribution in [3.05, 3.63) is 138 Å². The van der Waals surface area contributed by atoms with Crippen LogP contribution in [0.1, 0.15) is 93.3 Å². The number of nitrogens with one attached hydrogen (secondary N) is 3. The van der Waals surface area contributed by atoms with Crippen LogP contribution in [0.15, 0.2) is 103 Å². The molecule has 4 amide bonds.